The standard InChI is InChI=1S/C29H27F2N5O3/c1-16-10-22(30)24(35-27(37)19-7-8-32-25(13-19)29(3,4)31)15-21(16)20-11-17(2)34-23(12-20)18-6-9-33-26(14-18)36-28(38)39-5/h6-15H,1-5H3,(H,35,37)(H,33,36,38). The van der Waals surface area contributed by atoms with Gasteiger partial charge in [-0.1, -0.05) is 0 Å². The van der Waals surface area contributed by atoms with Crippen molar-refractivity contribution in [1.29, 1.82) is 0 Å². The van der Waals surface area contributed by atoms with Crippen molar-refractivity contribution in [1.82, 2.24) is 15.0 Å². The molecule has 1 aromatic carbocycles. The van der Waals surface area contributed by atoms with Gasteiger partial charge in [-0.2, -0.15) is 0 Å². The summed E-state index contributed by atoms with van der Waals surface area (Å²) in [5, 5.41) is 5.12. The van der Waals surface area contributed by atoms with E-state index >= 15 is 0 Å². The highest BCUT2D eigenvalue weighted by molar-refractivity contribution is 6.04. The van der Waals surface area contributed by atoms with Gasteiger partial charge in [0.2, 0.25) is 0 Å². The van der Waals surface area contributed by atoms with E-state index < -0.39 is 23.5 Å². The SMILES string of the molecule is COC(=O)Nc1cc(-c2cc(-c3cc(NC(=O)c4ccnc(C(C)(C)F)c4)c(F)cc3C)cc(C)n2)ccn1. The third-order valence-electron chi connectivity index (χ3n) is 5.93. The minimum atomic E-state index is -1.74. The molecule has 3 heterocycles. The zero-order valence-corrected chi connectivity index (χ0v) is 22.1. The summed E-state index contributed by atoms with van der Waals surface area (Å²) < 4.78 is 33.9. The fourth-order valence-electron chi connectivity index (χ4n) is 3.96. The molecule has 200 valence electrons. The van der Waals surface area contributed by atoms with E-state index in [1.165, 1.54) is 51.6 Å². The number of aromatic nitrogens is 3. The van der Waals surface area contributed by atoms with Crippen molar-refractivity contribution in [3.05, 3.63) is 89.3 Å². The van der Waals surface area contributed by atoms with Gasteiger partial charge in [0, 0.05) is 29.2 Å². The van der Waals surface area contributed by atoms with Crippen molar-refractivity contribution >= 4 is 23.5 Å². The summed E-state index contributed by atoms with van der Waals surface area (Å²) in [4.78, 5) is 37.2. The van der Waals surface area contributed by atoms with Crippen LogP contribution in [0.25, 0.3) is 22.4 Å². The number of pyridine rings is 3. The number of amides is 2. The number of carbonyl (C=O) groups excluding carboxylic acids is 2. The molecule has 0 unspecified atom stereocenters. The molecule has 0 bridgehead atoms. The van der Waals surface area contributed by atoms with Crippen LogP contribution in [0.1, 0.15) is 41.2 Å². The molecule has 0 saturated carbocycles. The Balaban J connectivity index is 1.68. The average molecular weight is 532 g/mol. The number of hydrogen-bond acceptors (Lipinski definition) is 6. The molecule has 0 spiro atoms. The molecule has 0 aliphatic heterocycles. The fourth-order valence-corrected chi connectivity index (χ4v) is 3.96. The van der Waals surface area contributed by atoms with E-state index in [1.54, 1.807) is 25.1 Å². The summed E-state index contributed by atoms with van der Waals surface area (Å²) in [6.45, 7) is 6.28. The second-order valence-electron chi connectivity index (χ2n) is 9.43. The molecule has 2 N–H and O–H groups in total. The van der Waals surface area contributed by atoms with Gasteiger partial charge in [-0.3, -0.25) is 20.1 Å². The van der Waals surface area contributed by atoms with Crippen molar-refractivity contribution < 1.29 is 23.1 Å². The average Bonchev–Trinajstić information content (AvgIpc) is 2.89. The number of ether oxygens (including phenoxy) is 1. The molecule has 10 heteroatoms. The molecule has 2 amide bonds. The Kier molecular flexibility index (Phi) is 7.66. The third kappa shape index (κ3) is 6.40. The van der Waals surface area contributed by atoms with Gasteiger partial charge in [-0.25, -0.2) is 18.6 Å². The molecule has 0 fully saturated rings. The van der Waals surface area contributed by atoms with E-state index in [1.807, 2.05) is 19.1 Å². The van der Waals surface area contributed by atoms with Crippen LogP contribution in [-0.4, -0.2) is 34.1 Å². The minimum Gasteiger partial charge on any atom is -0.453 e. The number of benzene rings is 1. The lowest BCUT2D eigenvalue weighted by Gasteiger charge is -2.15. The van der Waals surface area contributed by atoms with Gasteiger partial charge < -0.3 is 10.1 Å². The number of halogens is 2. The predicted octanol–water partition coefficient (Wildman–Crippen LogP) is 6.60. The van der Waals surface area contributed by atoms with Crippen LogP contribution in [0.2, 0.25) is 0 Å². The zero-order chi connectivity index (χ0) is 28.3. The lowest BCUT2D eigenvalue weighted by Crippen LogP contribution is -2.17. The summed E-state index contributed by atoms with van der Waals surface area (Å²) in [7, 11) is 1.26. The van der Waals surface area contributed by atoms with Crippen molar-refractivity contribution in [2.45, 2.75) is 33.4 Å². The molecule has 0 atom stereocenters. The summed E-state index contributed by atoms with van der Waals surface area (Å²) in [5.74, 6) is -0.906. The number of methoxy groups -OCH3 is 1. The van der Waals surface area contributed by atoms with Crippen LogP contribution < -0.4 is 10.6 Å². The number of alkyl halides is 1. The first kappa shape index (κ1) is 27.3. The quantitative estimate of drug-likeness (QED) is 0.291. The van der Waals surface area contributed by atoms with Crippen molar-refractivity contribution in [3.63, 3.8) is 0 Å². The molecule has 0 aliphatic rings. The molecule has 4 aromatic rings. The van der Waals surface area contributed by atoms with Gasteiger partial charge in [0.25, 0.3) is 5.91 Å². The first-order chi connectivity index (χ1) is 18.4. The summed E-state index contributed by atoms with van der Waals surface area (Å²) in [6, 6.07) is 12.8. The number of hydrogen-bond donors (Lipinski definition) is 2. The Morgan fingerprint density at radius 3 is 2.38 bits per heavy atom. The fraction of sp³-hybridized carbons (Fsp3) is 0.207. The van der Waals surface area contributed by atoms with Gasteiger partial charge in [-0.05, 0) is 92.9 Å². The van der Waals surface area contributed by atoms with E-state index in [2.05, 4.69) is 30.3 Å². The molecule has 0 aliphatic carbocycles. The summed E-state index contributed by atoms with van der Waals surface area (Å²) in [6.07, 6.45) is 2.23. The maximum Gasteiger partial charge on any atom is 0.412 e. The van der Waals surface area contributed by atoms with Crippen LogP contribution >= 0.6 is 0 Å². The second-order valence-corrected chi connectivity index (χ2v) is 9.43. The Labute approximate surface area is 224 Å². The Hall–Kier alpha value is -4.73. The largest absolute Gasteiger partial charge is 0.453 e. The van der Waals surface area contributed by atoms with Crippen LogP contribution in [0.3, 0.4) is 0 Å². The van der Waals surface area contributed by atoms with Crippen molar-refractivity contribution in [3.8, 4) is 22.4 Å². The predicted molar refractivity (Wildman–Crippen MR) is 145 cm³/mol. The highest BCUT2D eigenvalue weighted by atomic mass is 19.1. The third-order valence-corrected chi connectivity index (χ3v) is 5.93. The van der Waals surface area contributed by atoms with Crippen LogP contribution in [0.15, 0.2) is 60.9 Å². The molecule has 39 heavy (non-hydrogen) atoms. The molecular weight excluding hydrogens is 504 g/mol. The number of carbonyl (C=O) groups is 2. The second kappa shape index (κ2) is 10.9. The van der Waals surface area contributed by atoms with Gasteiger partial charge in [0.05, 0.1) is 24.2 Å². The van der Waals surface area contributed by atoms with E-state index in [-0.39, 0.29) is 16.9 Å². The highest BCUT2D eigenvalue weighted by Crippen LogP contribution is 2.32. The summed E-state index contributed by atoms with van der Waals surface area (Å²) in [5.41, 5.74) is 2.57. The molecule has 0 radical (unpaired) electrons. The maximum atomic E-state index is 14.9. The normalized spacial score (nSPS) is 11.2. The van der Waals surface area contributed by atoms with Gasteiger partial charge in [-0.15, -0.1) is 0 Å². The van der Waals surface area contributed by atoms with Crippen LogP contribution in [0, 0.1) is 19.7 Å². The smallest absolute Gasteiger partial charge is 0.412 e. The number of anilines is 2. The zero-order valence-electron chi connectivity index (χ0n) is 22.1. The van der Waals surface area contributed by atoms with Gasteiger partial charge in [0.15, 0.2) is 0 Å². The first-order valence-corrected chi connectivity index (χ1v) is 12.0. The molecule has 3 aromatic heterocycles. The van der Waals surface area contributed by atoms with Crippen LogP contribution in [0.5, 0.6) is 0 Å². The Morgan fingerprint density at radius 1 is 0.923 bits per heavy atom. The molecular formula is C29H27F2N5O3. The Bertz CT molecular complexity index is 1570. The Morgan fingerprint density at radius 2 is 1.67 bits per heavy atom. The molecule has 0 saturated heterocycles. The van der Waals surface area contributed by atoms with Crippen LogP contribution in [-0.2, 0) is 10.4 Å². The maximum absolute atomic E-state index is 14.9. The van der Waals surface area contributed by atoms with Crippen molar-refractivity contribution in [2.75, 3.05) is 17.7 Å². The van der Waals surface area contributed by atoms with Gasteiger partial charge in [0.1, 0.15) is 17.3 Å². The molecule has 4 rings (SSSR count). The number of aryl methyl sites for hydroxylation is 2. The van der Waals surface area contributed by atoms with E-state index in [0.29, 0.717) is 33.9 Å². The summed E-state index contributed by atoms with van der Waals surface area (Å²) >= 11 is 0. The lowest BCUT2D eigenvalue weighted by molar-refractivity contribution is 0.102. The van der Waals surface area contributed by atoms with Gasteiger partial charge >= 0.3 is 6.09 Å². The topological polar surface area (TPSA) is 106 Å². The number of nitrogens with zero attached hydrogens (tertiary/aromatic N) is 3. The van der Waals surface area contributed by atoms with E-state index in [0.717, 1.165) is 5.56 Å². The monoisotopic (exact) mass is 531 g/mol. The number of nitrogens with one attached hydrogen (secondary N) is 2. The molecule has 8 nitrogen and oxygen atoms in total. The first-order valence-electron chi connectivity index (χ1n) is 12.0. The lowest BCUT2D eigenvalue weighted by atomic mass is 9.97. The minimum absolute atomic E-state index is 0.0250. The van der Waals surface area contributed by atoms with Crippen LogP contribution in [0.4, 0.5) is 25.1 Å². The van der Waals surface area contributed by atoms with E-state index in [9.17, 15) is 18.4 Å². The highest BCUT2D eigenvalue weighted by Gasteiger charge is 2.22. The van der Waals surface area contributed by atoms with E-state index in [4.69, 9.17) is 0 Å². The van der Waals surface area contributed by atoms with Crippen molar-refractivity contribution in [2.24, 2.45) is 0 Å². The number of rotatable bonds is 6.